The van der Waals surface area contributed by atoms with E-state index in [9.17, 15) is 9.59 Å². The molecule has 1 aliphatic carbocycles. The molecule has 1 saturated carbocycles. The van der Waals surface area contributed by atoms with Gasteiger partial charge in [-0.25, -0.2) is 4.99 Å². The molecule has 2 N–H and O–H groups in total. The molecule has 8 nitrogen and oxygen atoms in total. The van der Waals surface area contributed by atoms with Crippen LogP contribution in [0.4, 0.5) is 0 Å². The van der Waals surface area contributed by atoms with E-state index >= 15 is 0 Å². The van der Waals surface area contributed by atoms with Gasteiger partial charge in [0.15, 0.2) is 5.96 Å². The summed E-state index contributed by atoms with van der Waals surface area (Å²) < 4.78 is 5.19. The van der Waals surface area contributed by atoms with Crippen molar-refractivity contribution in [2.45, 2.75) is 31.7 Å². The topological polar surface area (TPSA) is 86.3 Å². The third-order valence-corrected chi connectivity index (χ3v) is 5.52. The van der Waals surface area contributed by atoms with Crippen molar-refractivity contribution in [3.63, 3.8) is 0 Å². The second kappa shape index (κ2) is 12.1. The number of nitrogens with zero attached hydrogens (tertiary/aromatic N) is 3. The number of likely N-dealkylation sites (N-methyl/N-ethyl adjacent to an activating group) is 1. The quantitative estimate of drug-likeness (QED) is 0.280. The lowest BCUT2D eigenvalue weighted by atomic mass is 10.1. The summed E-state index contributed by atoms with van der Waals surface area (Å²) in [5, 5.41) is 6.64. The van der Waals surface area contributed by atoms with Crippen LogP contribution in [0.15, 0.2) is 29.3 Å². The molecule has 172 valence electrons. The number of hydrogen-bond acceptors (Lipinski definition) is 4. The van der Waals surface area contributed by atoms with Gasteiger partial charge < -0.3 is 25.2 Å². The summed E-state index contributed by atoms with van der Waals surface area (Å²) in [7, 11) is 5.10. The van der Waals surface area contributed by atoms with Gasteiger partial charge in [0.05, 0.1) is 7.11 Å². The molecule has 2 amide bonds. The Hall–Kier alpha value is -2.04. The summed E-state index contributed by atoms with van der Waals surface area (Å²) >= 11 is 0. The molecule has 1 aromatic carbocycles. The van der Waals surface area contributed by atoms with Crippen molar-refractivity contribution >= 4 is 41.8 Å². The molecule has 1 heterocycles. The van der Waals surface area contributed by atoms with Crippen LogP contribution in [0.1, 0.15) is 24.8 Å². The Kier molecular flexibility index (Phi) is 9.86. The van der Waals surface area contributed by atoms with Crippen molar-refractivity contribution in [2.75, 3.05) is 47.4 Å². The van der Waals surface area contributed by atoms with E-state index in [0.717, 1.165) is 31.6 Å². The van der Waals surface area contributed by atoms with Crippen LogP contribution < -0.4 is 15.4 Å². The third-order valence-electron chi connectivity index (χ3n) is 5.52. The highest BCUT2D eigenvalue weighted by atomic mass is 127. The average molecular weight is 543 g/mol. The number of carbonyl (C=O) groups is 2. The van der Waals surface area contributed by atoms with Crippen LogP contribution in [0.5, 0.6) is 5.75 Å². The Bertz CT molecular complexity index is 765. The number of amides is 2. The van der Waals surface area contributed by atoms with Crippen LogP contribution in [-0.4, -0.2) is 81.0 Å². The van der Waals surface area contributed by atoms with Crippen molar-refractivity contribution in [1.29, 1.82) is 0 Å². The molecule has 0 aromatic heterocycles. The van der Waals surface area contributed by atoms with Gasteiger partial charge in [0, 0.05) is 52.1 Å². The van der Waals surface area contributed by atoms with E-state index in [1.807, 2.05) is 29.2 Å². The fourth-order valence-electron chi connectivity index (χ4n) is 3.51. The number of aliphatic imine (C=N–C) groups is 1. The first-order valence-electron chi connectivity index (χ1n) is 10.6. The molecule has 2 fully saturated rings. The highest BCUT2D eigenvalue weighted by Gasteiger charge is 2.39. The molecular weight excluding hydrogens is 509 g/mol. The summed E-state index contributed by atoms with van der Waals surface area (Å²) in [4.78, 5) is 32.1. The van der Waals surface area contributed by atoms with Crippen molar-refractivity contribution < 1.29 is 14.3 Å². The lowest BCUT2D eigenvalue weighted by Gasteiger charge is -2.18. The number of methoxy groups -OCH3 is 1. The Labute approximate surface area is 201 Å². The lowest BCUT2D eigenvalue weighted by Crippen LogP contribution is -2.42. The second-order valence-electron chi connectivity index (χ2n) is 8.21. The number of benzene rings is 1. The summed E-state index contributed by atoms with van der Waals surface area (Å²) in [6.07, 6.45) is 3.68. The van der Waals surface area contributed by atoms with Crippen molar-refractivity contribution in [2.24, 2.45) is 10.9 Å². The van der Waals surface area contributed by atoms with Crippen molar-refractivity contribution in [3.8, 4) is 5.75 Å². The largest absolute Gasteiger partial charge is 0.497 e. The molecule has 9 heteroatoms. The Morgan fingerprint density at radius 2 is 1.94 bits per heavy atom. The summed E-state index contributed by atoms with van der Waals surface area (Å²) in [6, 6.07) is 8.44. The minimum Gasteiger partial charge on any atom is -0.497 e. The Morgan fingerprint density at radius 1 is 1.23 bits per heavy atom. The van der Waals surface area contributed by atoms with Gasteiger partial charge in [0.2, 0.25) is 11.8 Å². The van der Waals surface area contributed by atoms with E-state index in [-0.39, 0.29) is 48.3 Å². The molecule has 31 heavy (non-hydrogen) atoms. The van der Waals surface area contributed by atoms with Crippen molar-refractivity contribution in [3.05, 3.63) is 29.8 Å². The summed E-state index contributed by atoms with van der Waals surface area (Å²) in [5.41, 5.74) is 1.19. The smallest absolute Gasteiger partial charge is 0.243 e. The zero-order valence-corrected chi connectivity index (χ0v) is 20.9. The monoisotopic (exact) mass is 543 g/mol. The minimum absolute atomic E-state index is 0. The fraction of sp³-hybridized carbons (Fsp3) is 0.591. The third kappa shape index (κ3) is 7.86. The van der Waals surface area contributed by atoms with E-state index < -0.39 is 0 Å². The molecule has 0 bridgehead atoms. The fourth-order valence-corrected chi connectivity index (χ4v) is 3.51. The number of nitrogens with one attached hydrogen (secondary N) is 2. The number of ether oxygens (including phenoxy) is 1. The highest BCUT2D eigenvalue weighted by molar-refractivity contribution is 14.0. The van der Waals surface area contributed by atoms with E-state index in [1.165, 1.54) is 10.5 Å². The molecule has 0 spiro atoms. The van der Waals surface area contributed by atoms with Gasteiger partial charge in [-0.3, -0.25) is 9.59 Å². The standard InChI is InChI=1S/C22H33N5O3.HI/c1-26(2)21(29)14-25-22(23-11-10-16-4-8-19(30-3)9-5-16)24-13-17-12-20(28)27(15-17)18-6-7-18;/h4-5,8-9,17-18H,6-7,10-15H2,1-3H3,(H2,23,24,25);1H. The molecule has 0 radical (unpaired) electrons. The highest BCUT2D eigenvalue weighted by Crippen LogP contribution is 2.32. The number of carbonyl (C=O) groups excluding carboxylic acids is 2. The van der Waals surface area contributed by atoms with Gasteiger partial charge in [-0.15, -0.1) is 24.0 Å². The number of halogens is 1. The van der Waals surface area contributed by atoms with Gasteiger partial charge in [-0.2, -0.15) is 0 Å². The number of guanidine groups is 1. The summed E-state index contributed by atoms with van der Waals surface area (Å²) in [5.74, 6) is 1.93. The Morgan fingerprint density at radius 3 is 2.55 bits per heavy atom. The van der Waals surface area contributed by atoms with Crippen molar-refractivity contribution in [1.82, 2.24) is 20.4 Å². The first kappa shape index (κ1) is 25.2. The van der Waals surface area contributed by atoms with Crippen LogP contribution in [-0.2, 0) is 16.0 Å². The van der Waals surface area contributed by atoms with E-state index in [1.54, 1.807) is 21.2 Å². The number of hydrogen-bond donors (Lipinski definition) is 2. The van der Waals surface area contributed by atoms with Crippen LogP contribution in [0.2, 0.25) is 0 Å². The van der Waals surface area contributed by atoms with Crippen LogP contribution in [0, 0.1) is 5.92 Å². The van der Waals surface area contributed by atoms with E-state index in [4.69, 9.17) is 4.74 Å². The zero-order chi connectivity index (χ0) is 21.5. The van der Waals surface area contributed by atoms with Crippen LogP contribution in [0.3, 0.4) is 0 Å². The lowest BCUT2D eigenvalue weighted by molar-refractivity contribution is -0.128. The van der Waals surface area contributed by atoms with Crippen LogP contribution >= 0.6 is 24.0 Å². The second-order valence-corrected chi connectivity index (χ2v) is 8.21. The van der Waals surface area contributed by atoms with E-state index in [0.29, 0.717) is 31.5 Å². The van der Waals surface area contributed by atoms with Gasteiger partial charge in [0.1, 0.15) is 12.3 Å². The molecule has 1 aromatic rings. The molecule has 1 atom stereocenters. The molecule has 2 aliphatic rings. The number of rotatable bonds is 9. The average Bonchev–Trinajstić information content (AvgIpc) is 3.52. The molecule has 1 unspecified atom stereocenters. The molecular formula is C22H34IN5O3. The zero-order valence-electron chi connectivity index (χ0n) is 18.6. The van der Waals surface area contributed by atoms with Gasteiger partial charge in [0.25, 0.3) is 0 Å². The molecule has 3 rings (SSSR count). The van der Waals surface area contributed by atoms with Crippen LogP contribution in [0.25, 0.3) is 0 Å². The molecule has 1 saturated heterocycles. The van der Waals surface area contributed by atoms with E-state index in [2.05, 4.69) is 15.6 Å². The maximum Gasteiger partial charge on any atom is 0.243 e. The maximum absolute atomic E-state index is 12.2. The molecule has 1 aliphatic heterocycles. The normalized spacial score (nSPS) is 18.4. The first-order valence-corrected chi connectivity index (χ1v) is 10.6. The Balaban J connectivity index is 0.00000341. The SMILES string of the molecule is COc1ccc(CCNC(=NCC(=O)N(C)C)NCC2CC(=O)N(C3CC3)C2)cc1.I. The first-order chi connectivity index (χ1) is 14.5. The predicted molar refractivity (Wildman–Crippen MR) is 132 cm³/mol. The predicted octanol–water partition coefficient (Wildman–Crippen LogP) is 1.49. The summed E-state index contributed by atoms with van der Waals surface area (Å²) in [6.45, 7) is 2.25. The maximum atomic E-state index is 12.2. The van der Waals surface area contributed by atoms with Gasteiger partial charge in [-0.1, -0.05) is 12.1 Å². The minimum atomic E-state index is -0.0535. The van der Waals surface area contributed by atoms with Gasteiger partial charge >= 0.3 is 0 Å². The van der Waals surface area contributed by atoms with Gasteiger partial charge in [-0.05, 0) is 37.0 Å². The number of likely N-dealkylation sites (tertiary alicyclic amines) is 1.